The van der Waals surface area contributed by atoms with E-state index in [4.69, 9.17) is 32.7 Å². The number of aliphatic hydroxyl groups excluding tert-OH is 1. The van der Waals surface area contributed by atoms with Crippen LogP contribution < -0.4 is 0 Å². The average molecular weight is 558 g/mol. The molecule has 0 radical (unpaired) electrons. The van der Waals surface area contributed by atoms with Crippen LogP contribution in [-0.2, 0) is 28.9 Å². The predicted molar refractivity (Wildman–Crippen MR) is 137 cm³/mol. The minimum absolute atomic E-state index is 0.313. The van der Waals surface area contributed by atoms with Gasteiger partial charge in [0.25, 0.3) is 5.91 Å². The molecule has 1 saturated heterocycles. The van der Waals surface area contributed by atoms with Crippen molar-refractivity contribution in [3.05, 3.63) is 69.7 Å². The molecule has 1 aliphatic heterocycles. The van der Waals surface area contributed by atoms with Crippen molar-refractivity contribution in [3.8, 4) is 0 Å². The van der Waals surface area contributed by atoms with Crippen LogP contribution in [0.25, 0.3) is 0 Å². The van der Waals surface area contributed by atoms with Gasteiger partial charge < -0.3 is 19.5 Å². The van der Waals surface area contributed by atoms with E-state index in [0.29, 0.717) is 27.6 Å². The van der Waals surface area contributed by atoms with Crippen molar-refractivity contribution >= 4 is 44.9 Å². The Bertz CT molecular complexity index is 1170. The SMILES string of the molecule is CCC(CS(=O)(=O)CCO)N1C(=O)C(CC(=O)OC)OC(c2cccc(Cl)c2)C1c1ccc(Cl)cc1. The van der Waals surface area contributed by atoms with Crippen molar-refractivity contribution in [1.29, 1.82) is 0 Å². The number of amides is 1. The van der Waals surface area contributed by atoms with Gasteiger partial charge in [-0.05, 0) is 41.8 Å². The number of aliphatic hydroxyl groups is 1. The Morgan fingerprint density at radius 1 is 1.14 bits per heavy atom. The number of benzene rings is 2. The normalized spacial score (nSPS) is 21.3. The van der Waals surface area contributed by atoms with Crippen LogP contribution in [0.4, 0.5) is 0 Å². The minimum atomic E-state index is -3.68. The Morgan fingerprint density at radius 2 is 1.83 bits per heavy atom. The lowest BCUT2D eigenvalue weighted by Gasteiger charge is -2.48. The Balaban J connectivity index is 2.18. The maximum absolute atomic E-state index is 13.8. The molecule has 1 heterocycles. The van der Waals surface area contributed by atoms with Crippen molar-refractivity contribution in [2.75, 3.05) is 25.2 Å². The quantitative estimate of drug-likeness (QED) is 0.443. The molecule has 0 aliphatic carbocycles. The maximum atomic E-state index is 13.8. The predicted octanol–water partition coefficient (Wildman–Crippen LogP) is 3.75. The topological polar surface area (TPSA) is 110 Å². The Kier molecular flexibility index (Phi) is 9.77. The number of carbonyl (C=O) groups excluding carboxylic acids is 2. The summed E-state index contributed by atoms with van der Waals surface area (Å²) in [6, 6.07) is 12.3. The number of ether oxygens (including phenoxy) is 2. The van der Waals surface area contributed by atoms with Crippen molar-refractivity contribution in [3.63, 3.8) is 0 Å². The van der Waals surface area contributed by atoms with Gasteiger partial charge in [-0.3, -0.25) is 9.59 Å². The van der Waals surface area contributed by atoms with Crippen LogP contribution in [0.2, 0.25) is 10.0 Å². The lowest BCUT2D eigenvalue weighted by Crippen LogP contribution is -2.56. The number of nitrogens with zero attached hydrogens (tertiary/aromatic N) is 1. The number of halogens is 2. The summed E-state index contributed by atoms with van der Waals surface area (Å²) >= 11 is 12.4. The summed E-state index contributed by atoms with van der Waals surface area (Å²) in [5.41, 5.74) is 1.33. The molecule has 36 heavy (non-hydrogen) atoms. The van der Waals surface area contributed by atoms with Crippen molar-refractivity contribution in [2.45, 2.75) is 44.1 Å². The van der Waals surface area contributed by atoms with Crippen molar-refractivity contribution in [2.24, 2.45) is 0 Å². The average Bonchev–Trinajstić information content (AvgIpc) is 2.84. The van der Waals surface area contributed by atoms with E-state index in [-0.39, 0.29) is 12.2 Å². The van der Waals surface area contributed by atoms with Crippen LogP contribution >= 0.6 is 23.2 Å². The number of morpholine rings is 1. The Morgan fingerprint density at radius 3 is 2.42 bits per heavy atom. The molecule has 1 N–H and O–H groups in total. The van der Waals surface area contributed by atoms with Gasteiger partial charge in [-0.25, -0.2) is 8.42 Å². The van der Waals surface area contributed by atoms with Gasteiger partial charge in [0.2, 0.25) is 0 Å². The summed E-state index contributed by atoms with van der Waals surface area (Å²) in [6.45, 7) is 1.26. The van der Waals surface area contributed by atoms with Gasteiger partial charge in [0.1, 0.15) is 12.2 Å². The first kappa shape index (κ1) is 28.4. The van der Waals surface area contributed by atoms with E-state index in [0.717, 1.165) is 0 Å². The molecule has 0 spiro atoms. The molecular formula is C25H29Cl2NO7S. The number of hydrogen-bond donors (Lipinski definition) is 1. The number of esters is 1. The maximum Gasteiger partial charge on any atom is 0.308 e. The van der Waals surface area contributed by atoms with Crippen LogP contribution in [-0.4, -0.2) is 67.7 Å². The van der Waals surface area contributed by atoms with Gasteiger partial charge in [-0.15, -0.1) is 0 Å². The standard InChI is InChI=1S/C25H29Cl2NO7S/c1-3-20(15-36(32,33)12-11-29)28-23(16-7-9-18(26)10-8-16)24(17-5-4-6-19(27)13-17)35-21(25(28)31)14-22(30)34-2/h4-10,13,20-21,23-24,29H,3,11-12,14-15H2,1-2H3. The van der Waals surface area contributed by atoms with Crippen molar-refractivity contribution in [1.82, 2.24) is 4.90 Å². The number of carbonyl (C=O) groups is 2. The monoisotopic (exact) mass is 557 g/mol. The van der Waals surface area contributed by atoms with Crippen LogP contribution in [0.5, 0.6) is 0 Å². The van der Waals surface area contributed by atoms with Crippen LogP contribution in [0.3, 0.4) is 0 Å². The third kappa shape index (κ3) is 6.77. The molecule has 0 bridgehead atoms. The number of hydrogen-bond acceptors (Lipinski definition) is 7. The van der Waals surface area contributed by atoms with E-state index >= 15 is 0 Å². The van der Waals surface area contributed by atoms with Crippen LogP contribution in [0, 0.1) is 0 Å². The highest BCUT2D eigenvalue weighted by atomic mass is 35.5. The number of methoxy groups -OCH3 is 1. The van der Waals surface area contributed by atoms with E-state index in [9.17, 15) is 23.1 Å². The largest absolute Gasteiger partial charge is 0.469 e. The highest BCUT2D eigenvalue weighted by molar-refractivity contribution is 7.91. The highest BCUT2D eigenvalue weighted by Crippen LogP contribution is 2.44. The molecule has 11 heteroatoms. The first-order valence-corrected chi connectivity index (χ1v) is 14.0. The highest BCUT2D eigenvalue weighted by Gasteiger charge is 2.47. The summed E-state index contributed by atoms with van der Waals surface area (Å²) in [4.78, 5) is 27.5. The van der Waals surface area contributed by atoms with Gasteiger partial charge in [-0.2, -0.15) is 0 Å². The first-order chi connectivity index (χ1) is 17.1. The third-order valence-corrected chi connectivity index (χ3v) is 8.29. The first-order valence-electron chi connectivity index (χ1n) is 11.5. The second-order valence-electron chi connectivity index (χ2n) is 8.52. The van der Waals surface area contributed by atoms with Crippen LogP contribution in [0.15, 0.2) is 48.5 Å². The Labute approximate surface area is 221 Å². The summed E-state index contributed by atoms with van der Waals surface area (Å²) in [7, 11) is -2.46. The second-order valence-corrected chi connectivity index (χ2v) is 11.6. The Hall–Kier alpha value is -2.17. The fraction of sp³-hybridized carbons (Fsp3) is 0.440. The van der Waals surface area contributed by atoms with E-state index in [1.54, 1.807) is 55.5 Å². The van der Waals surface area contributed by atoms with E-state index in [1.807, 2.05) is 0 Å². The molecule has 4 atom stereocenters. The lowest BCUT2D eigenvalue weighted by atomic mass is 9.89. The lowest BCUT2D eigenvalue weighted by molar-refractivity contribution is -0.183. The third-order valence-electron chi connectivity index (χ3n) is 6.11. The van der Waals surface area contributed by atoms with E-state index < -0.39 is 58.4 Å². The molecule has 3 rings (SSSR count). The molecule has 1 amide bonds. The molecule has 0 aromatic heterocycles. The molecule has 2 aromatic rings. The summed E-state index contributed by atoms with van der Waals surface area (Å²) in [5.74, 6) is -1.93. The summed E-state index contributed by atoms with van der Waals surface area (Å²) < 4.78 is 36.4. The van der Waals surface area contributed by atoms with Gasteiger partial charge in [0.15, 0.2) is 9.84 Å². The zero-order valence-electron chi connectivity index (χ0n) is 20.0. The number of sulfone groups is 1. The number of rotatable bonds is 10. The van der Waals surface area contributed by atoms with Gasteiger partial charge in [-0.1, -0.05) is 54.4 Å². The zero-order valence-corrected chi connectivity index (χ0v) is 22.3. The van der Waals surface area contributed by atoms with Gasteiger partial charge in [0.05, 0.1) is 37.7 Å². The molecular weight excluding hydrogens is 529 g/mol. The second kappa shape index (κ2) is 12.4. The molecule has 1 aliphatic rings. The zero-order chi connectivity index (χ0) is 26.5. The summed E-state index contributed by atoms with van der Waals surface area (Å²) in [5, 5.41) is 10.2. The molecule has 196 valence electrons. The van der Waals surface area contributed by atoms with E-state index in [1.165, 1.54) is 12.0 Å². The molecule has 4 unspecified atom stereocenters. The minimum Gasteiger partial charge on any atom is -0.469 e. The molecule has 8 nitrogen and oxygen atoms in total. The fourth-order valence-corrected chi connectivity index (χ4v) is 6.14. The molecule has 1 fully saturated rings. The smallest absolute Gasteiger partial charge is 0.308 e. The van der Waals surface area contributed by atoms with Gasteiger partial charge in [0, 0.05) is 16.1 Å². The molecule has 2 aromatic carbocycles. The van der Waals surface area contributed by atoms with Gasteiger partial charge >= 0.3 is 5.97 Å². The summed E-state index contributed by atoms with van der Waals surface area (Å²) in [6.07, 6.45) is -1.99. The van der Waals surface area contributed by atoms with E-state index in [2.05, 4.69) is 0 Å². The molecule has 0 saturated carbocycles. The van der Waals surface area contributed by atoms with Crippen LogP contribution in [0.1, 0.15) is 43.0 Å². The fourth-order valence-electron chi connectivity index (χ4n) is 4.39. The van der Waals surface area contributed by atoms with Crippen molar-refractivity contribution < 1.29 is 32.6 Å².